The predicted molar refractivity (Wildman–Crippen MR) is 66.8 cm³/mol. The maximum absolute atomic E-state index is 12.2. The number of halogens is 3. The predicted octanol–water partition coefficient (Wildman–Crippen LogP) is 3.57. The highest BCUT2D eigenvalue weighted by Gasteiger charge is 2.28. The Balaban J connectivity index is 2.46. The Kier molecular flexibility index (Phi) is 3.83. The van der Waals surface area contributed by atoms with E-state index >= 15 is 0 Å². The molecule has 0 aliphatic carbocycles. The standard InChI is InChI=1S/C14H11F3O3/c1-19-13(18)11-6-7-12(20-8-14(15,16)17)10-5-3-2-4-9(10)11/h2-7H,8H2,1H3. The lowest BCUT2D eigenvalue weighted by Gasteiger charge is -2.13. The van der Waals surface area contributed by atoms with E-state index in [4.69, 9.17) is 4.74 Å². The summed E-state index contributed by atoms with van der Waals surface area (Å²) in [6.45, 7) is -1.38. The molecule has 0 saturated heterocycles. The minimum Gasteiger partial charge on any atom is -0.483 e. The first-order chi connectivity index (χ1) is 9.42. The van der Waals surface area contributed by atoms with Crippen molar-refractivity contribution in [2.45, 2.75) is 6.18 Å². The third-order valence-corrected chi connectivity index (χ3v) is 2.68. The first-order valence-electron chi connectivity index (χ1n) is 5.72. The lowest BCUT2D eigenvalue weighted by molar-refractivity contribution is -0.153. The summed E-state index contributed by atoms with van der Waals surface area (Å²) in [5, 5.41) is 0.915. The van der Waals surface area contributed by atoms with Gasteiger partial charge in [-0.2, -0.15) is 13.2 Å². The molecule has 2 aromatic carbocycles. The van der Waals surface area contributed by atoms with Crippen molar-refractivity contribution in [1.29, 1.82) is 0 Å². The first-order valence-corrected chi connectivity index (χ1v) is 5.72. The maximum Gasteiger partial charge on any atom is 0.422 e. The van der Waals surface area contributed by atoms with E-state index < -0.39 is 18.8 Å². The average molecular weight is 284 g/mol. The summed E-state index contributed by atoms with van der Waals surface area (Å²) < 4.78 is 46.0. The third kappa shape index (κ3) is 3.01. The number of ether oxygens (including phenoxy) is 2. The zero-order valence-electron chi connectivity index (χ0n) is 10.5. The van der Waals surface area contributed by atoms with Crippen LogP contribution in [0.25, 0.3) is 10.8 Å². The molecule has 2 aromatic rings. The summed E-state index contributed by atoms with van der Waals surface area (Å²) in [5.41, 5.74) is 0.280. The van der Waals surface area contributed by atoms with E-state index in [-0.39, 0.29) is 11.3 Å². The molecule has 0 N–H and O–H groups in total. The van der Waals surface area contributed by atoms with Crippen molar-refractivity contribution >= 4 is 16.7 Å². The van der Waals surface area contributed by atoms with Gasteiger partial charge in [0, 0.05) is 5.39 Å². The highest BCUT2D eigenvalue weighted by molar-refractivity contribution is 6.06. The van der Waals surface area contributed by atoms with Gasteiger partial charge < -0.3 is 9.47 Å². The van der Waals surface area contributed by atoms with Gasteiger partial charge in [0.1, 0.15) is 5.75 Å². The number of methoxy groups -OCH3 is 1. The van der Waals surface area contributed by atoms with Gasteiger partial charge >= 0.3 is 12.1 Å². The zero-order valence-corrected chi connectivity index (χ0v) is 10.5. The van der Waals surface area contributed by atoms with Gasteiger partial charge in [-0.1, -0.05) is 24.3 Å². The summed E-state index contributed by atoms with van der Waals surface area (Å²) in [6, 6.07) is 9.28. The second-order valence-electron chi connectivity index (χ2n) is 4.05. The second kappa shape index (κ2) is 5.40. The van der Waals surface area contributed by atoms with Crippen molar-refractivity contribution in [2.24, 2.45) is 0 Å². The Morgan fingerprint density at radius 2 is 1.75 bits per heavy atom. The van der Waals surface area contributed by atoms with Crippen LogP contribution in [0.2, 0.25) is 0 Å². The molecule has 6 heteroatoms. The number of esters is 1. The van der Waals surface area contributed by atoms with Crippen molar-refractivity contribution in [1.82, 2.24) is 0 Å². The van der Waals surface area contributed by atoms with Crippen molar-refractivity contribution in [3.8, 4) is 5.75 Å². The minimum atomic E-state index is -4.41. The van der Waals surface area contributed by atoms with Crippen molar-refractivity contribution in [2.75, 3.05) is 13.7 Å². The number of hydrogen-bond acceptors (Lipinski definition) is 3. The number of carbonyl (C=O) groups is 1. The van der Waals surface area contributed by atoms with Crippen molar-refractivity contribution in [3.63, 3.8) is 0 Å². The Bertz CT molecular complexity index is 635. The largest absolute Gasteiger partial charge is 0.483 e. The van der Waals surface area contributed by atoms with Crippen LogP contribution in [0.3, 0.4) is 0 Å². The molecule has 0 spiro atoms. The molecule has 0 radical (unpaired) electrons. The number of alkyl halides is 3. The molecule has 0 aromatic heterocycles. The Hall–Kier alpha value is -2.24. The molecule has 0 fully saturated rings. The number of carbonyl (C=O) groups excluding carboxylic acids is 1. The fraction of sp³-hybridized carbons (Fsp3) is 0.214. The quantitative estimate of drug-likeness (QED) is 0.808. The molecule has 106 valence electrons. The van der Waals surface area contributed by atoms with Crippen LogP contribution < -0.4 is 4.74 Å². The van der Waals surface area contributed by atoms with Gasteiger partial charge in [-0.25, -0.2) is 4.79 Å². The SMILES string of the molecule is COC(=O)c1ccc(OCC(F)(F)F)c2ccccc12. The summed E-state index contributed by atoms with van der Waals surface area (Å²) in [4.78, 5) is 11.6. The molecule has 0 heterocycles. The summed E-state index contributed by atoms with van der Waals surface area (Å²) in [6.07, 6.45) is -4.41. The number of rotatable bonds is 3. The van der Waals surface area contributed by atoms with Gasteiger partial charge in [0.2, 0.25) is 0 Å². The van der Waals surface area contributed by atoms with Gasteiger partial charge in [-0.3, -0.25) is 0 Å². The summed E-state index contributed by atoms with van der Waals surface area (Å²) in [5.74, 6) is -0.478. The molecule has 0 amide bonds. The molecule has 0 saturated carbocycles. The van der Waals surface area contributed by atoms with E-state index in [9.17, 15) is 18.0 Å². The van der Waals surface area contributed by atoms with Crippen molar-refractivity contribution in [3.05, 3.63) is 42.0 Å². The normalized spacial score (nSPS) is 11.4. The Labute approximate surface area is 112 Å². The number of hydrogen-bond donors (Lipinski definition) is 0. The van der Waals surface area contributed by atoms with E-state index in [1.54, 1.807) is 24.3 Å². The zero-order chi connectivity index (χ0) is 14.8. The minimum absolute atomic E-state index is 0.0746. The third-order valence-electron chi connectivity index (χ3n) is 2.68. The van der Waals surface area contributed by atoms with Gasteiger partial charge in [0.25, 0.3) is 0 Å². The molecule has 0 bridgehead atoms. The molecule has 20 heavy (non-hydrogen) atoms. The average Bonchev–Trinajstić information content (AvgIpc) is 2.43. The molecule has 3 nitrogen and oxygen atoms in total. The lowest BCUT2D eigenvalue weighted by Crippen LogP contribution is -2.19. The monoisotopic (exact) mass is 284 g/mol. The fourth-order valence-corrected chi connectivity index (χ4v) is 1.84. The molecule has 0 unspecified atom stereocenters. The lowest BCUT2D eigenvalue weighted by atomic mass is 10.0. The van der Waals surface area contributed by atoms with E-state index in [0.29, 0.717) is 10.8 Å². The Morgan fingerprint density at radius 1 is 1.10 bits per heavy atom. The van der Waals surface area contributed by atoms with Gasteiger partial charge in [0.15, 0.2) is 6.61 Å². The second-order valence-corrected chi connectivity index (χ2v) is 4.05. The van der Waals surface area contributed by atoms with E-state index in [1.165, 1.54) is 19.2 Å². The van der Waals surface area contributed by atoms with Crippen LogP contribution in [-0.4, -0.2) is 25.9 Å². The highest BCUT2D eigenvalue weighted by atomic mass is 19.4. The highest BCUT2D eigenvalue weighted by Crippen LogP contribution is 2.30. The molecule has 0 aliphatic rings. The fourth-order valence-electron chi connectivity index (χ4n) is 1.84. The topological polar surface area (TPSA) is 35.5 Å². The van der Waals surface area contributed by atoms with Crippen LogP contribution in [0.1, 0.15) is 10.4 Å². The van der Waals surface area contributed by atoms with E-state index in [1.807, 2.05) is 0 Å². The summed E-state index contributed by atoms with van der Waals surface area (Å²) in [7, 11) is 1.24. The summed E-state index contributed by atoms with van der Waals surface area (Å²) >= 11 is 0. The van der Waals surface area contributed by atoms with Crippen LogP contribution in [0.5, 0.6) is 5.75 Å². The first kappa shape index (κ1) is 14.2. The molecule has 0 atom stereocenters. The van der Waals surface area contributed by atoms with E-state index in [0.717, 1.165) is 0 Å². The Morgan fingerprint density at radius 3 is 2.35 bits per heavy atom. The molecular weight excluding hydrogens is 273 g/mol. The van der Waals surface area contributed by atoms with Crippen molar-refractivity contribution < 1.29 is 27.4 Å². The number of benzene rings is 2. The van der Waals surface area contributed by atoms with Gasteiger partial charge in [-0.15, -0.1) is 0 Å². The van der Waals surface area contributed by atoms with Gasteiger partial charge in [0.05, 0.1) is 12.7 Å². The molecule has 0 aliphatic heterocycles. The van der Waals surface area contributed by atoms with Crippen LogP contribution in [0.15, 0.2) is 36.4 Å². The van der Waals surface area contributed by atoms with E-state index in [2.05, 4.69) is 4.74 Å². The molecule has 2 rings (SSSR count). The smallest absolute Gasteiger partial charge is 0.422 e. The molecular formula is C14H11F3O3. The van der Waals surface area contributed by atoms with Crippen LogP contribution >= 0.6 is 0 Å². The van der Waals surface area contributed by atoms with Crippen LogP contribution in [0.4, 0.5) is 13.2 Å². The number of fused-ring (bicyclic) bond motifs is 1. The van der Waals surface area contributed by atoms with Crippen LogP contribution in [0, 0.1) is 0 Å². The maximum atomic E-state index is 12.2. The van der Waals surface area contributed by atoms with Crippen LogP contribution in [-0.2, 0) is 4.74 Å². The van der Waals surface area contributed by atoms with Gasteiger partial charge in [-0.05, 0) is 17.5 Å².